The average molecular weight is 2340 g/mol. The number of phenols is 3. The van der Waals surface area contributed by atoms with E-state index in [9.17, 15) is 133 Å². The van der Waals surface area contributed by atoms with Crippen molar-refractivity contribution < 1.29 is 221 Å². The molecule has 7 rings (SSSR count). The number of thioether (sulfide) groups is 4. The zero-order chi connectivity index (χ0) is 110. The van der Waals surface area contributed by atoms with Crippen molar-refractivity contribution in [3.63, 3.8) is 0 Å². The minimum Gasteiger partial charge on any atom is -1.00 e. The normalized spacial score (nSPS) is 12.3. The molecule has 2 unspecified atom stereocenters. The number of aromatic carboxylic acids is 3. The molecule has 0 aliphatic heterocycles. The van der Waals surface area contributed by atoms with Crippen LogP contribution in [0.5, 0.6) is 17.2 Å². The number of halogens is 11. The van der Waals surface area contributed by atoms with Crippen LogP contribution in [0.25, 0.3) is 0 Å². The molecule has 36 nitrogen and oxygen atoms in total. The monoisotopic (exact) mass is 2340 g/mol. The number of hydrogen-bond acceptors (Lipinski definition) is 28. The molecule has 2 amide bonds. The molecule has 16 N–H and O–H groups in total. The van der Waals surface area contributed by atoms with Gasteiger partial charge in [-0.2, -0.15) is 99.0 Å². The summed E-state index contributed by atoms with van der Waals surface area (Å²) in [5.41, 5.74) is -10.8. The van der Waals surface area contributed by atoms with Gasteiger partial charge in [0.05, 0.1) is 26.4 Å². The van der Waals surface area contributed by atoms with Gasteiger partial charge in [-0.1, -0.05) is 97.1 Å². The molecule has 0 fully saturated rings. The Morgan fingerprint density at radius 1 is 0.493 bits per heavy atom. The standard InChI is InChI=1S/C21H24F2NO10PS2.C20H22F2NO7PS.C15H21F2O4PS.C12H16ClF2O3P.C9H18O2S.C7H7NO6S.C3H7ClN.B.ClH.Na.H/c1-2-34-35(29,30)21(22,23)14-7-5-13(6-8-14)12-36-9-3-4-18(25)24-15-10-16(20(27)28)19(26)17(11-15)37(31,32)33;1-12-9-15(10-16(18(12)25)19(26)27)23-17(24)3-2-8-32-11-13-4-6-14(7-5-13)20(21,22)31(28,29)30;1-3-21-22(19,20)15(16,17)14-8-6-13(7-9-14)11-23-10-4-5-12(2)18;1-3-17-19(16,18-4-2)12(14,15)11-7-5-10(9-13)6-8-11;1-9(2,3)11-8(10)6-5-7-12-4;8-3-1-4(7(10)11)6(9)5(2-3)15(12,13)14;1-5(2)3-4;;;;/h5-8,10-11,26H,2-4,9,12H2,1H3,(H,24,25)(H,27,28)(H,29,30)(H,31,32,33);4-7,9-10,25H,2-3,8,11H2,1H3,(H,23,24)(H,26,27)(H2,28,29,30);6-9H,3-5,10-11H2,1-2H3,(H,19,20);5-8H,3-4,9H2,1-2H3;5-7H2,1-4H3;1-2,9H,8H2,(H,10,11)(H,12,13,14);3H,1-2H3;;1H;;/q;;;;;;+1;;;+1;-1. The third-order valence-corrected chi connectivity index (χ3v) is 30.4. The number of aromatic hydroxyl groups is 3. The first-order valence-electron chi connectivity index (χ1n) is 42.0. The first kappa shape index (κ1) is 143. The molecule has 0 aromatic heterocycles. The molecule has 0 bridgehead atoms. The smallest absolute Gasteiger partial charge is 1.00 e. The number of alkyl halides is 9. The Labute approximate surface area is 898 Å². The number of rotatable bonds is 46. The number of benzene rings is 7. The topological polar surface area (TPSA) is 598 Å². The fourth-order valence-electron chi connectivity index (χ4n) is 10.8. The summed E-state index contributed by atoms with van der Waals surface area (Å²) in [6.07, 6.45) is 5.81. The predicted octanol–water partition coefficient (Wildman–Crippen LogP) is 17.9. The summed E-state index contributed by atoms with van der Waals surface area (Å²) < 4.78 is 246. The molecule has 0 saturated heterocycles. The van der Waals surface area contributed by atoms with Crippen molar-refractivity contribution in [1.82, 2.24) is 0 Å². The average Bonchev–Trinajstić information content (AvgIpc) is 0.772. The maximum atomic E-state index is 14.3. The molecular formula is C87H117BCl3F8N4NaO32P4S6+. The van der Waals surface area contributed by atoms with E-state index in [1.54, 1.807) is 35.0 Å². The van der Waals surface area contributed by atoms with E-state index < -0.39 is 152 Å². The molecule has 7 aromatic carbocycles. The van der Waals surface area contributed by atoms with E-state index in [1.807, 2.05) is 41.1 Å². The van der Waals surface area contributed by atoms with Crippen LogP contribution in [0, 0.1) is 6.92 Å². The second kappa shape index (κ2) is 66.8. The molecule has 0 aliphatic carbocycles. The molecule has 7 aromatic rings. The molecule has 0 heterocycles. The van der Waals surface area contributed by atoms with Crippen molar-refractivity contribution in [3.05, 3.63) is 200 Å². The number of nitrogen functional groups attached to an aromatic ring is 1. The van der Waals surface area contributed by atoms with Crippen molar-refractivity contribution in [3.8, 4) is 17.2 Å². The molecule has 2 atom stereocenters. The minimum absolute atomic E-state index is 0. The largest absolute Gasteiger partial charge is 1.00 e. The van der Waals surface area contributed by atoms with Gasteiger partial charge in [-0.05, 0) is 193 Å². The summed E-state index contributed by atoms with van der Waals surface area (Å²) in [5.74, 6) is -3.34. The number of hydrogen-bond donors (Lipinski definition) is 15. The number of carboxylic acids is 3. The number of aryl methyl sites for hydroxylation is 1. The Kier molecular flexibility index (Phi) is 65.5. The number of esters is 1. The fraction of sp³-hybridized carbons (Fsp3) is 0.425. The van der Waals surface area contributed by atoms with E-state index in [2.05, 4.69) is 19.7 Å². The van der Waals surface area contributed by atoms with Crippen LogP contribution in [0.2, 0.25) is 0 Å². The summed E-state index contributed by atoms with van der Waals surface area (Å²) in [6.45, 7) is 13.6. The van der Waals surface area contributed by atoms with Crippen LogP contribution in [0.3, 0.4) is 0 Å². The number of nitrogens with one attached hydrogen (secondary N) is 2. The number of carbonyl (C=O) groups is 7. The molecule has 0 saturated carbocycles. The zero-order valence-corrected chi connectivity index (χ0v) is 93.8. The number of anilines is 3. The molecule has 146 heavy (non-hydrogen) atoms. The summed E-state index contributed by atoms with van der Waals surface area (Å²) in [7, 11) is -26.3. The van der Waals surface area contributed by atoms with Crippen LogP contribution < -0.4 is 45.9 Å². The Bertz CT molecular complexity index is 5870. The van der Waals surface area contributed by atoms with E-state index in [1.165, 1.54) is 137 Å². The van der Waals surface area contributed by atoms with Crippen LogP contribution >= 0.6 is 113 Å². The number of Topliss-reactive ketones (excluding diaryl/α,β-unsaturated/α-hetero) is 1. The molecule has 813 valence electrons. The van der Waals surface area contributed by atoms with Gasteiger partial charge >= 0.3 is 106 Å². The van der Waals surface area contributed by atoms with Crippen molar-refractivity contribution >= 4 is 206 Å². The van der Waals surface area contributed by atoms with Gasteiger partial charge in [0.15, 0.2) is 11.5 Å². The second-order valence-corrected chi connectivity index (χ2v) is 45.7. The van der Waals surface area contributed by atoms with Gasteiger partial charge < -0.3 is 95.6 Å². The number of amides is 2. The Balaban J connectivity index is -0.000000851. The number of ketones is 1. The van der Waals surface area contributed by atoms with E-state index in [-0.39, 0.29) is 149 Å². The van der Waals surface area contributed by atoms with E-state index >= 15 is 0 Å². The van der Waals surface area contributed by atoms with Gasteiger partial charge in [0.25, 0.3) is 20.2 Å². The summed E-state index contributed by atoms with van der Waals surface area (Å²) in [4.78, 5) is 113. The van der Waals surface area contributed by atoms with Gasteiger partial charge in [0, 0.05) is 96.6 Å². The van der Waals surface area contributed by atoms with Crippen LogP contribution in [0.4, 0.5) is 52.2 Å². The van der Waals surface area contributed by atoms with Gasteiger partial charge in [-0.3, -0.25) is 41.7 Å². The van der Waals surface area contributed by atoms with Crippen LogP contribution in [0.1, 0.15) is 189 Å². The first-order chi connectivity index (χ1) is 66.0. The van der Waals surface area contributed by atoms with E-state index in [0.29, 0.717) is 76.7 Å². The second-order valence-electron chi connectivity index (χ2n) is 30.7. The number of nitrogens with zero attached hydrogens (tertiary/aromatic N) is 1. The molecule has 59 heteroatoms. The van der Waals surface area contributed by atoms with Crippen LogP contribution in [0.15, 0.2) is 143 Å². The van der Waals surface area contributed by atoms with Crippen molar-refractivity contribution in [2.45, 2.75) is 175 Å². The maximum Gasteiger partial charge on any atom is 1.00 e. The van der Waals surface area contributed by atoms with Crippen molar-refractivity contribution in [1.29, 1.82) is 0 Å². The Morgan fingerprint density at radius 3 is 1.11 bits per heavy atom. The van der Waals surface area contributed by atoms with E-state index in [4.69, 9.17) is 72.4 Å². The summed E-state index contributed by atoms with van der Waals surface area (Å²) in [5, 5.41) is 60.4. The van der Waals surface area contributed by atoms with Crippen LogP contribution in [-0.4, -0.2) is 212 Å². The summed E-state index contributed by atoms with van der Waals surface area (Å²) >= 11 is 16.9. The minimum atomic E-state index is -5.60. The Hall–Kier alpha value is -6.91. The van der Waals surface area contributed by atoms with Crippen LogP contribution in [-0.2, 0) is 126 Å². The van der Waals surface area contributed by atoms with E-state index in [0.717, 1.165) is 90.6 Å². The van der Waals surface area contributed by atoms with Gasteiger partial charge in [0.1, 0.15) is 57.7 Å². The molecular weight excluding hydrogens is 2220 g/mol. The molecule has 0 spiro atoms. The van der Waals surface area contributed by atoms with Crippen molar-refractivity contribution in [2.75, 3.05) is 86.2 Å². The SMILES string of the molecule is CCOP(=O)(O)C(F)(F)c1ccc(CSCCCC(=O)Nc2cc(C(=O)O)c(O)c(S(=O)(=O)O)c2)cc1.CCOP(=O)(O)C(F)(F)c1ccc(CSCCCC(C)=O)cc1.CCOP(=O)(OCC)C(F)(F)c1ccc(CCl)cc1.CSCCCC(=O)OC(C)(C)C.C[N+](C)=CCl.Cc1cc(NC(=O)CCCSCc2ccc(C(F)(F)P(=O)(O)O)cc2)cc(C(=O)O)c1O.Cl.Nc1cc(C(=O)O)c(O)c(S(=O)(=O)O)c1.[B].[H-].[Na+]. The Morgan fingerprint density at radius 2 is 0.801 bits per heavy atom. The van der Waals surface area contributed by atoms with Gasteiger partial charge in [0.2, 0.25) is 17.5 Å². The summed E-state index contributed by atoms with van der Waals surface area (Å²) in [6, 6.07) is 26.0. The number of carbonyl (C=O) groups excluding carboxylic acids is 4. The third-order valence-electron chi connectivity index (χ3n) is 17.6. The molecule has 0 aliphatic rings. The number of carboxylic acid groups (broad SMARTS) is 3. The quantitative estimate of drug-likeness (QED) is 0.00144. The van der Waals surface area contributed by atoms with Gasteiger partial charge in [-0.25, -0.2) is 19.0 Å². The fourth-order valence-corrected chi connectivity index (χ4v) is 19.5. The van der Waals surface area contributed by atoms with Crippen molar-refractivity contribution in [2.24, 2.45) is 0 Å². The maximum absolute atomic E-state index is 14.3. The zero-order valence-electron chi connectivity index (χ0n) is 82.0. The predicted molar refractivity (Wildman–Crippen MR) is 546 cm³/mol. The first-order valence-corrected chi connectivity index (χ1v) is 57.0. The number of nitrogens with two attached hydrogens (primary N) is 1. The molecule has 3 radical (unpaired) electrons. The number of ether oxygens (including phenoxy) is 1. The third kappa shape index (κ3) is 49.2. The van der Waals surface area contributed by atoms with Gasteiger partial charge in [-0.15, -0.1) is 24.0 Å².